The molecule has 1 aliphatic heterocycles. The van der Waals surface area contributed by atoms with E-state index in [9.17, 15) is 9.90 Å². The predicted octanol–water partition coefficient (Wildman–Crippen LogP) is 4.42. The van der Waals surface area contributed by atoms with Gasteiger partial charge in [-0.3, -0.25) is 9.69 Å². The van der Waals surface area contributed by atoms with E-state index in [-0.39, 0.29) is 11.7 Å². The average molecular weight is 398 g/mol. The molecule has 7 heteroatoms. The van der Waals surface area contributed by atoms with Crippen LogP contribution in [0.25, 0.3) is 6.08 Å². The Morgan fingerprint density at radius 3 is 2.57 bits per heavy atom. The zero-order chi connectivity index (χ0) is 20.1. The van der Waals surface area contributed by atoms with E-state index in [1.807, 2.05) is 38.1 Å². The highest BCUT2D eigenvalue weighted by Gasteiger charge is 2.32. The van der Waals surface area contributed by atoms with Crippen molar-refractivity contribution >= 4 is 34.6 Å². The maximum atomic E-state index is 12.8. The van der Waals surface area contributed by atoms with Gasteiger partial charge in [-0.25, -0.2) is 4.99 Å². The van der Waals surface area contributed by atoms with Crippen LogP contribution in [0.15, 0.2) is 52.4 Å². The number of thioether (sulfide) groups is 1. The van der Waals surface area contributed by atoms with Gasteiger partial charge in [0.25, 0.3) is 5.91 Å². The summed E-state index contributed by atoms with van der Waals surface area (Å²) in [6, 6.07) is 12.5. The minimum Gasteiger partial charge on any atom is -0.504 e. The molecular formula is C21H22N2O4S. The summed E-state index contributed by atoms with van der Waals surface area (Å²) in [5.41, 5.74) is 1.26. The van der Waals surface area contributed by atoms with Crippen molar-refractivity contribution in [3.63, 3.8) is 0 Å². The summed E-state index contributed by atoms with van der Waals surface area (Å²) >= 11 is 1.28. The number of aromatic hydroxyl groups is 1. The molecule has 3 rings (SSSR count). The van der Waals surface area contributed by atoms with Gasteiger partial charge in [-0.2, -0.15) is 0 Å². The van der Waals surface area contributed by atoms with Crippen LogP contribution in [0.4, 0.5) is 5.69 Å². The minimum atomic E-state index is -0.138. The van der Waals surface area contributed by atoms with Crippen molar-refractivity contribution < 1.29 is 19.4 Å². The molecule has 0 unspecified atom stereocenters. The number of amidine groups is 1. The van der Waals surface area contributed by atoms with Gasteiger partial charge in [-0.05, 0) is 62.0 Å². The Hall–Kier alpha value is -2.93. The van der Waals surface area contributed by atoms with Crippen LogP contribution in [0.1, 0.15) is 19.4 Å². The van der Waals surface area contributed by atoms with E-state index in [0.717, 1.165) is 11.4 Å². The Morgan fingerprint density at radius 1 is 1.18 bits per heavy atom. The second kappa shape index (κ2) is 8.84. The van der Waals surface area contributed by atoms with E-state index in [4.69, 9.17) is 9.47 Å². The molecule has 0 aromatic heterocycles. The van der Waals surface area contributed by atoms with Gasteiger partial charge in [-0.1, -0.05) is 12.1 Å². The van der Waals surface area contributed by atoms with Crippen LogP contribution >= 0.6 is 11.8 Å². The number of likely N-dealkylation sites (N-methyl/N-ethyl adjacent to an activating group) is 1. The number of aliphatic imine (C=N–C) groups is 1. The van der Waals surface area contributed by atoms with Crippen LogP contribution in [0.5, 0.6) is 17.2 Å². The third-order valence-electron chi connectivity index (χ3n) is 4.12. The number of carbonyl (C=O) groups excluding carboxylic acids is 1. The topological polar surface area (TPSA) is 71.4 Å². The monoisotopic (exact) mass is 398 g/mol. The van der Waals surface area contributed by atoms with Crippen LogP contribution in [0.2, 0.25) is 0 Å². The highest BCUT2D eigenvalue weighted by molar-refractivity contribution is 8.18. The molecule has 2 aromatic carbocycles. The van der Waals surface area contributed by atoms with Crippen molar-refractivity contribution in [2.45, 2.75) is 13.8 Å². The Bertz CT molecular complexity index is 923. The highest BCUT2D eigenvalue weighted by Crippen LogP contribution is 2.37. The molecule has 1 amide bonds. The number of para-hydroxylation sites is 1. The van der Waals surface area contributed by atoms with Gasteiger partial charge in [0.2, 0.25) is 0 Å². The normalized spacial score (nSPS) is 16.8. The van der Waals surface area contributed by atoms with E-state index in [2.05, 4.69) is 4.99 Å². The fourth-order valence-corrected chi connectivity index (χ4v) is 3.76. The van der Waals surface area contributed by atoms with Gasteiger partial charge >= 0.3 is 0 Å². The summed E-state index contributed by atoms with van der Waals surface area (Å²) in [4.78, 5) is 19.5. The summed E-state index contributed by atoms with van der Waals surface area (Å²) < 4.78 is 10.6. The van der Waals surface area contributed by atoms with Gasteiger partial charge < -0.3 is 14.6 Å². The molecule has 0 aliphatic carbocycles. The smallest absolute Gasteiger partial charge is 0.266 e. The van der Waals surface area contributed by atoms with E-state index < -0.39 is 0 Å². The van der Waals surface area contributed by atoms with Crippen LogP contribution < -0.4 is 9.47 Å². The average Bonchev–Trinajstić information content (AvgIpc) is 3.00. The third-order valence-corrected chi connectivity index (χ3v) is 5.12. The molecule has 1 heterocycles. The van der Waals surface area contributed by atoms with E-state index in [1.165, 1.54) is 11.8 Å². The maximum Gasteiger partial charge on any atom is 0.266 e. The summed E-state index contributed by atoms with van der Waals surface area (Å²) in [7, 11) is 1.61. The zero-order valence-corrected chi connectivity index (χ0v) is 16.8. The second-order valence-electron chi connectivity index (χ2n) is 5.88. The van der Waals surface area contributed by atoms with E-state index >= 15 is 0 Å². The fraction of sp³-hybridized carbons (Fsp3) is 0.238. The molecule has 6 nitrogen and oxygen atoms in total. The lowest BCUT2D eigenvalue weighted by atomic mass is 10.1. The SMILES string of the molecule is CCOc1cccc(C=C2SC(=Nc3ccc(OC)cc3)N(CC)C2=O)c1O. The van der Waals surface area contributed by atoms with Crippen molar-refractivity contribution in [2.75, 3.05) is 20.3 Å². The fourth-order valence-electron chi connectivity index (χ4n) is 2.71. The van der Waals surface area contributed by atoms with Crippen molar-refractivity contribution in [2.24, 2.45) is 4.99 Å². The lowest BCUT2D eigenvalue weighted by Crippen LogP contribution is -2.28. The molecule has 0 atom stereocenters. The lowest BCUT2D eigenvalue weighted by Gasteiger charge is -2.12. The van der Waals surface area contributed by atoms with Gasteiger partial charge in [0.15, 0.2) is 16.7 Å². The van der Waals surface area contributed by atoms with Crippen LogP contribution in [0, 0.1) is 0 Å². The second-order valence-corrected chi connectivity index (χ2v) is 6.89. The molecule has 1 fully saturated rings. The summed E-state index contributed by atoms with van der Waals surface area (Å²) in [5.74, 6) is 1.03. The Balaban J connectivity index is 1.92. The number of carbonyl (C=O) groups is 1. The van der Waals surface area contributed by atoms with Crippen LogP contribution in [0.3, 0.4) is 0 Å². The summed E-state index contributed by atoms with van der Waals surface area (Å²) in [5, 5.41) is 11.0. The number of methoxy groups -OCH3 is 1. The Kier molecular flexibility index (Phi) is 6.26. The third kappa shape index (κ3) is 4.14. The summed E-state index contributed by atoms with van der Waals surface area (Å²) in [6.07, 6.45) is 1.67. The maximum absolute atomic E-state index is 12.8. The molecule has 1 N–H and O–H groups in total. The first-order valence-corrected chi connectivity index (χ1v) is 9.78. The zero-order valence-electron chi connectivity index (χ0n) is 16.0. The number of hydrogen-bond acceptors (Lipinski definition) is 6. The van der Waals surface area contributed by atoms with Gasteiger partial charge in [0.1, 0.15) is 5.75 Å². The largest absolute Gasteiger partial charge is 0.504 e. The number of rotatable bonds is 6. The Morgan fingerprint density at radius 2 is 1.93 bits per heavy atom. The molecule has 2 aromatic rings. The molecule has 0 saturated carbocycles. The van der Waals surface area contributed by atoms with E-state index in [0.29, 0.717) is 34.5 Å². The van der Waals surface area contributed by atoms with Gasteiger partial charge in [0.05, 0.1) is 24.3 Å². The first-order chi connectivity index (χ1) is 13.6. The number of benzene rings is 2. The molecule has 28 heavy (non-hydrogen) atoms. The van der Waals surface area contributed by atoms with Crippen molar-refractivity contribution in [3.8, 4) is 17.2 Å². The summed E-state index contributed by atoms with van der Waals surface area (Å²) in [6.45, 7) is 4.70. The first kappa shape index (κ1) is 19.8. The Labute approximate surface area is 168 Å². The molecule has 0 radical (unpaired) electrons. The number of hydrogen-bond donors (Lipinski definition) is 1. The molecule has 146 valence electrons. The van der Waals surface area contributed by atoms with E-state index in [1.54, 1.807) is 36.3 Å². The number of phenols is 1. The quantitative estimate of drug-likeness (QED) is 0.729. The standard InChI is InChI=1S/C21H22N2O4S/c1-4-23-20(25)18(13-14-7-6-8-17(19(14)24)27-5-2)28-21(23)22-15-9-11-16(26-3)12-10-15/h6-13,24H,4-5H2,1-3H3. The molecule has 1 saturated heterocycles. The van der Waals surface area contributed by atoms with Crippen LogP contribution in [-0.2, 0) is 4.79 Å². The predicted molar refractivity (Wildman–Crippen MR) is 112 cm³/mol. The van der Waals surface area contributed by atoms with Gasteiger partial charge in [-0.15, -0.1) is 0 Å². The van der Waals surface area contributed by atoms with Gasteiger partial charge in [0, 0.05) is 12.1 Å². The number of amides is 1. The van der Waals surface area contributed by atoms with Crippen LogP contribution in [-0.4, -0.2) is 41.3 Å². The highest BCUT2D eigenvalue weighted by atomic mass is 32.2. The molecule has 0 bridgehead atoms. The molecular weight excluding hydrogens is 376 g/mol. The number of ether oxygens (including phenoxy) is 2. The van der Waals surface area contributed by atoms with Crippen molar-refractivity contribution in [3.05, 3.63) is 52.9 Å². The molecule has 1 aliphatic rings. The molecule has 0 spiro atoms. The first-order valence-electron chi connectivity index (χ1n) is 8.96. The van der Waals surface area contributed by atoms with Crippen molar-refractivity contribution in [1.82, 2.24) is 4.90 Å². The number of phenolic OH excluding ortho intramolecular Hbond substituents is 1. The lowest BCUT2D eigenvalue weighted by molar-refractivity contribution is -0.122. The number of nitrogens with zero attached hydrogens (tertiary/aromatic N) is 2. The van der Waals surface area contributed by atoms with Crippen molar-refractivity contribution in [1.29, 1.82) is 0 Å². The minimum absolute atomic E-state index is 0.0221.